The minimum absolute atomic E-state index is 0.129. The minimum atomic E-state index is -1.64. The first-order valence-electron chi connectivity index (χ1n) is 7.98. The van der Waals surface area contributed by atoms with Gasteiger partial charge in [-0.1, -0.05) is 20.8 Å². The molecule has 0 saturated heterocycles. The zero-order chi connectivity index (χ0) is 16.1. The highest BCUT2D eigenvalue weighted by Gasteiger charge is 2.36. The van der Waals surface area contributed by atoms with Crippen LogP contribution in [-0.2, 0) is 4.43 Å². The van der Waals surface area contributed by atoms with E-state index in [2.05, 4.69) is 44.5 Å². The molecule has 0 atom stereocenters. The second-order valence-electron chi connectivity index (χ2n) is 7.56. The van der Waals surface area contributed by atoms with Crippen molar-refractivity contribution in [2.75, 3.05) is 13.2 Å². The van der Waals surface area contributed by atoms with Gasteiger partial charge in [-0.05, 0) is 43.8 Å². The minimum Gasteiger partial charge on any atom is -0.465 e. The van der Waals surface area contributed by atoms with E-state index in [1.165, 1.54) is 0 Å². The van der Waals surface area contributed by atoms with Crippen molar-refractivity contribution in [3.63, 3.8) is 0 Å². The van der Waals surface area contributed by atoms with E-state index in [-0.39, 0.29) is 11.1 Å². The van der Waals surface area contributed by atoms with Crippen LogP contribution in [0.15, 0.2) is 0 Å². The molecule has 6 heteroatoms. The second-order valence-corrected chi connectivity index (χ2v) is 12.4. The summed E-state index contributed by atoms with van der Waals surface area (Å²) in [7, 11) is -1.64. The summed E-state index contributed by atoms with van der Waals surface area (Å²) in [6.07, 6.45) is 3.00. The van der Waals surface area contributed by atoms with E-state index in [4.69, 9.17) is 9.53 Å². The lowest BCUT2D eigenvalue weighted by Crippen LogP contribution is -2.45. The Bertz CT molecular complexity index is 334. The molecule has 0 bridgehead atoms. The number of nitrogens with one attached hydrogen (secondary N) is 2. The Kier molecular flexibility index (Phi) is 6.68. The number of hydrogen-bond donors (Lipinski definition) is 3. The number of hydrogen-bond acceptors (Lipinski definition) is 3. The summed E-state index contributed by atoms with van der Waals surface area (Å²) in [5.41, 5.74) is 0. The van der Waals surface area contributed by atoms with Crippen LogP contribution in [0.5, 0.6) is 0 Å². The van der Waals surface area contributed by atoms with Gasteiger partial charge in [0.1, 0.15) is 0 Å². The maximum absolute atomic E-state index is 10.6. The van der Waals surface area contributed by atoms with Crippen molar-refractivity contribution in [3.8, 4) is 0 Å². The van der Waals surface area contributed by atoms with Gasteiger partial charge in [-0.3, -0.25) is 0 Å². The van der Waals surface area contributed by atoms with E-state index in [0.717, 1.165) is 38.8 Å². The predicted octanol–water partition coefficient (Wildman–Crippen LogP) is 3.18. The summed E-state index contributed by atoms with van der Waals surface area (Å²) >= 11 is 0. The maximum Gasteiger partial charge on any atom is 0.404 e. The molecule has 0 spiro atoms. The Morgan fingerprint density at radius 3 is 2.19 bits per heavy atom. The van der Waals surface area contributed by atoms with E-state index in [1.54, 1.807) is 0 Å². The molecular weight excluding hydrogens is 284 g/mol. The molecule has 0 unspecified atom stereocenters. The molecule has 0 radical (unpaired) electrons. The highest BCUT2D eigenvalue weighted by molar-refractivity contribution is 6.74. The Morgan fingerprint density at radius 2 is 1.71 bits per heavy atom. The van der Waals surface area contributed by atoms with Crippen molar-refractivity contribution in [2.45, 2.75) is 76.7 Å². The molecule has 0 aromatic heterocycles. The van der Waals surface area contributed by atoms with E-state index in [0.29, 0.717) is 6.04 Å². The van der Waals surface area contributed by atoms with Gasteiger partial charge < -0.3 is 20.2 Å². The Labute approximate surface area is 130 Å². The molecule has 0 aromatic rings. The Morgan fingerprint density at radius 1 is 1.19 bits per heavy atom. The van der Waals surface area contributed by atoms with Crippen molar-refractivity contribution >= 4 is 14.4 Å². The van der Waals surface area contributed by atoms with Crippen molar-refractivity contribution < 1.29 is 14.3 Å². The van der Waals surface area contributed by atoms with Gasteiger partial charge in [-0.15, -0.1) is 0 Å². The fraction of sp³-hybridized carbons (Fsp3) is 0.933. The lowest BCUT2D eigenvalue weighted by atomic mass is 9.91. The lowest BCUT2D eigenvalue weighted by molar-refractivity contribution is 0.183. The molecule has 5 nitrogen and oxygen atoms in total. The van der Waals surface area contributed by atoms with Crippen LogP contribution in [0.2, 0.25) is 18.1 Å². The van der Waals surface area contributed by atoms with Crippen LogP contribution in [0.1, 0.15) is 46.5 Å². The highest BCUT2D eigenvalue weighted by atomic mass is 28.4. The molecule has 1 aliphatic carbocycles. The fourth-order valence-corrected chi connectivity index (χ4v) is 3.45. The van der Waals surface area contributed by atoms with Crippen LogP contribution in [0.25, 0.3) is 0 Å². The molecule has 3 N–H and O–H groups in total. The fourth-order valence-electron chi connectivity index (χ4n) is 2.40. The summed E-state index contributed by atoms with van der Waals surface area (Å²) in [5.74, 6) is 0. The van der Waals surface area contributed by atoms with E-state index >= 15 is 0 Å². The third-order valence-electron chi connectivity index (χ3n) is 4.86. The van der Waals surface area contributed by atoms with Crippen molar-refractivity contribution in [2.24, 2.45) is 0 Å². The summed E-state index contributed by atoms with van der Waals surface area (Å²) in [6.45, 7) is 13.0. The zero-order valence-electron chi connectivity index (χ0n) is 14.2. The first-order chi connectivity index (χ1) is 9.62. The Balaban J connectivity index is 2.16. The molecule has 0 heterocycles. The average molecular weight is 317 g/mol. The average Bonchev–Trinajstić information content (AvgIpc) is 2.34. The topological polar surface area (TPSA) is 70.6 Å². The van der Waals surface area contributed by atoms with Crippen molar-refractivity contribution in [3.05, 3.63) is 0 Å². The van der Waals surface area contributed by atoms with Crippen LogP contribution in [0.3, 0.4) is 0 Å². The lowest BCUT2D eigenvalue weighted by Gasteiger charge is -2.36. The molecule has 1 aliphatic rings. The third kappa shape index (κ3) is 6.36. The van der Waals surface area contributed by atoms with Gasteiger partial charge in [0.25, 0.3) is 0 Å². The molecule has 1 fully saturated rings. The smallest absolute Gasteiger partial charge is 0.404 e. The Hall–Kier alpha value is -0.593. The largest absolute Gasteiger partial charge is 0.465 e. The van der Waals surface area contributed by atoms with Gasteiger partial charge in [-0.2, -0.15) is 0 Å². The molecule has 1 amide bonds. The number of carboxylic acid groups (broad SMARTS) is 1. The zero-order valence-corrected chi connectivity index (χ0v) is 15.2. The molecule has 1 saturated carbocycles. The van der Waals surface area contributed by atoms with Crippen LogP contribution in [-0.4, -0.2) is 44.8 Å². The monoisotopic (exact) mass is 316 g/mol. The molecule has 0 aliphatic heterocycles. The first-order valence-corrected chi connectivity index (χ1v) is 10.9. The van der Waals surface area contributed by atoms with Crippen LogP contribution >= 0.6 is 0 Å². The van der Waals surface area contributed by atoms with Crippen LogP contribution in [0, 0.1) is 0 Å². The quantitative estimate of drug-likeness (QED) is 0.520. The van der Waals surface area contributed by atoms with Gasteiger partial charge in [0.05, 0.1) is 0 Å². The number of amides is 1. The van der Waals surface area contributed by atoms with Gasteiger partial charge in [0.2, 0.25) is 0 Å². The third-order valence-corrected chi connectivity index (χ3v) is 9.40. The van der Waals surface area contributed by atoms with Gasteiger partial charge >= 0.3 is 6.09 Å². The van der Waals surface area contributed by atoms with E-state index in [1.807, 2.05) is 0 Å². The molecular formula is C15H32N2O3Si. The van der Waals surface area contributed by atoms with Crippen molar-refractivity contribution in [1.82, 2.24) is 10.6 Å². The summed E-state index contributed by atoms with van der Waals surface area (Å²) in [4.78, 5) is 10.6. The summed E-state index contributed by atoms with van der Waals surface area (Å²) < 4.78 is 6.15. The number of rotatable bonds is 6. The maximum atomic E-state index is 10.6. The highest BCUT2D eigenvalue weighted by Crippen LogP contribution is 2.36. The van der Waals surface area contributed by atoms with Gasteiger partial charge in [0.15, 0.2) is 8.32 Å². The second kappa shape index (κ2) is 7.60. The molecule has 21 heavy (non-hydrogen) atoms. The first kappa shape index (κ1) is 18.5. The van der Waals surface area contributed by atoms with Crippen LogP contribution < -0.4 is 10.6 Å². The van der Waals surface area contributed by atoms with Gasteiger partial charge in [0, 0.05) is 25.2 Å². The van der Waals surface area contributed by atoms with Crippen molar-refractivity contribution in [1.29, 1.82) is 0 Å². The SMILES string of the molecule is CC(C)(C)[Si](C)(C)OCCN[C@H]1CC[C@H](NC(=O)O)CC1. The normalized spacial score (nSPS) is 23.9. The predicted molar refractivity (Wildman–Crippen MR) is 88.4 cm³/mol. The van der Waals surface area contributed by atoms with Gasteiger partial charge in [-0.25, -0.2) is 4.79 Å². The van der Waals surface area contributed by atoms with E-state index in [9.17, 15) is 4.79 Å². The molecule has 0 aromatic carbocycles. The number of carbonyl (C=O) groups is 1. The summed E-state index contributed by atoms with van der Waals surface area (Å²) in [5, 5.41) is 15.1. The summed E-state index contributed by atoms with van der Waals surface area (Å²) in [6, 6.07) is 0.629. The standard InChI is InChI=1S/C15H32N2O3Si/c1-15(2,3)21(4,5)20-11-10-16-12-6-8-13(9-7-12)17-14(18)19/h12-13,16-17H,6-11H2,1-5H3,(H,18,19)/t12-,13-. The van der Waals surface area contributed by atoms with E-state index < -0.39 is 14.4 Å². The molecule has 1 rings (SSSR count). The van der Waals surface area contributed by atoms with Crippen LogP contribution in [0.4, 0.5) is 4.79 Å². The molecule has 124 valence electrons.